The number of aromatic nitrogens is 1. The fraction of sp³-hybridized carbons (Fsp3) is 0.297. The van der Waals surface area contributed by atoms with E-state index in [9.17, 15) is 24.3 Å². The van der Waals surface area contributed by atoms with Gasteiger partial charge in [0.05, 0.1) is 23.6 Å². The first-order valence-electron chi connectivity index (χ1n) is 15.8. The largest absolute Gasteiger partial charge is 0.479 e. The first-order chi connectivity index (χ1) is 23.9. The van der Waals surface area contributed by atoms with Crippen molar-refractivity contribution in [1.29, 1.82) is 5.26 Å². The lowest BCUT2D eigenvalue weighted by atomic mass is 10.0. The number of halogens is 1. The second-order valence-corrected chi connectivity index (χ2v) is 13.3. The fourth-order valence-electron chi connectivity index (χ4n) is 4.78. The first kappa shape index (κ1) is 37.6. The number of pyridine rings is 1. The quantitative estimate of drug-likeness (QED) is 0.144. The minimum atomic E-state index is -1.29. The summed E-state index contributed by atoms with van der Waals surface area (Å²) in [5.41, 5.74) is 0.0363. The van der Waals surface area contributed by atoms with Gasteiger partial charge in [-0.2, -0.15) is 10.2 Å². The van der Waals surface area contributed by atoms with Gasteiger partial charge in [-0.25, -0.2) is 28.6 Å². The Morgan fingerprint density at radius 1 is 0.922 bits per heavy atom. The van der Waals surface area contributed by atoms with Crippen molar-refractivity contribution in [2.24, 2.45) is 0 Å². The zero-order valence-electron chi connectivity index (χ0n) is 28.9. The predicted octanol–water partition coefficient (Wildman–Crippen LogP) is 7.95. The Hall–Kier alpha value is -6.23. The number of anilines is 3. The van der Waals surface area contributed by atoms with Gasteiger partial charge in [0, 0.05) is 24.0 Å². The van der Waals surface area contributed by atoms with Crippen LogP contribution in [-0.2, 0) is 25.4 Å². The number of carbonyl (C=O) groups excluding carboxylic acids is 3. The third-order valence-corrected chi connectivity index (χ3v) is 6.89. The van der Waals surface area contributed by atoms with Gasteiger partial charge in [0.2, 0.25) is 0 Å². The molecule has 0 bridgehead atoms. The number of amides is 3. The zero-order chi connectivity index (χ0) is 37.5. The average Bonchev–Trinajstić information content (AvgIpc) is 3.02. The van der Waals surface area contributed by atoms with Crippen LogP contribution in [0.4, 0.5) is 36.0 Å². The highest BCUT2D eigenvalue weighted by atomic mass is 19.1. The number of imide groups is 1. The summed E-state index contributed by atoms with van der Waals surface area (Å²) in [7, 11) is 0. The van der Waals surface area contributed by atoms with Crippen molar-refractivity contribution in [3.8, 4) is 6.07 Å². The Kier molecular flexibility index (Phi) is 11.5. The molecule has 0 fully saturated rings. The van der Waals surface area contributed by atoms with Crippen LogP contribution in [0.5, 0.6) is 0 Å². The molecule has 3 N–H and O–H groups in total. The maximum Gasteiger partial charge on any atom is 0.425 e. The molecule has 14 heteroatoms. The van der Waals surface area contributed by atoms with E-state index in [1.165, 1.54) is 24.4 Å². The maximum absolute atomic E-state index is 15.9. The molecule has 266 valence electrons. The van der Waals surface area contributed by atoms with E-state index in [0.29, 0.717) is 28.1 Å². The van der Waals surface area contributed by atoms with Crippen LogP contribution in [0.1, 0.15) is 64.3 Å². The second-order valence-electron chi connectivity index (χ2n) is 13.3. The van der Waals surface area contributed by atoms with Crippen LogP contribution < -0.4 is 15.5 Å². The Balaban J connectivity index is 1.51. The van der Waals surface area contributed by atoms with Crippen molar-refractivity contribution < 1.29 is 42.9 Å². The van der Waals surface area contributed by atoms with E-state index in [4.69, 9.17) is 19.5 Å². The number of fused-ring (bicyclic) bond motifs is 1. The van der Waals surface area contributed by atoms with Crippen LogP contribution >= 0.6 is 0 Å². The van der Waals surface area contributed by atoms with Crippen molar-refractivity contribution >= 4 is 52.2 Å². The summed E-state index contributed by atoms with van der Waals surface area (Å²) < 4.78 is 31.9. The van der Waals surface area contributed by atoms with Crippen LogP contribution in [0.25, 0.3) is 10.8 Å². The van der Waals surface area contributed by atoms with Gasteiger partial charge in [-0.05, 0) is 94.5 Å². The zero-order valence-corrected chi connectivity index (χ0v) is 28.9. The molecule has 13 nitrogen and oxygen atoms in total. The molecule has 0 radical (unpaired) electrons. The molecule has 0 saturated heterocycles. The minimum absolute atomic E-state index is 0.0379. The van der Waals surface area contributed by atoms with Crippen molar-refractivity contribution in [1.82, 2.24) is 4.98 Å². The highest BCUT2D eigenvalue weighted by Crippen LogP contribution is 2.33. The highest BCUT2D eigenvalue weighted by molar-refractivity contribution is 6.14. The highest BCUT2D eigenvalue weighted by Gasteiger charge is 2.35. The molecule has 4 aromatic rings. The summed E-state index contributed by atoms with van der Waals surface area (Å²) in [6.07, 6.45) is -1.32. The molecule has 0 saturated carbocycles. The standard InChI is InChI=1S/C37H38FN5O8/c1-36(2,3)50-34(47)43(35(48)51-37(4,5)6)31-29-25(14-16-40-31)19-27(20-28(29)38)41-30(32(44)45)24-12-10-22(11-13-24)15-17-49-33(46)42-26-9-7-8-23(18-26)21-39/h7-14,16,18-20,30,41H,15,17H2,1-6H3,(H,42,46)(H,44,45). The van der Waals surface area contributed by atoms with Gasteiger partial charge in [-0.15, -0.1) is 0 Å². The van der Waals surface area contributed by atoms with Crippen LogP contribution in [0.15, 0.2) is 72.9 Å². The monoisotopic (exact) mass is 699 g/mol. The number of carbonyl (C=O) groups is 4. The molecule has 0 aliphatic rings. The fourth-order valence-corrected chi connectivity index (χ4v) is 4.78. The molecule has 3 amide bonds. The van der Waals surface area contributed by atoms with Crippen LogP contribution in [-0.4, -0.2) is 52.1 Å². The van der Waals surface area contributed by atoms with Crippen LogP contribution in [0.3, 0.4) is 0 Å². The van der Waals surface area contributed by atoms with Gasteiger partial charge in [0.25, 0.3) is 0 Å². The molecule has 1 atom stereocenters. The van der Waals surface area contributed by atoms with Gasteiger partial charge in [0.1, 0.15) is 17.0 Å². The summed E-state index contributed by atoms with van der Waals surface area (Å²) in [5.74, 6) is -2.49. The van der Waals surface area contributed by atoms with E-state index in [-0.39, 0.29) is 28.9 Å². The van der Waals surface area contributed by atoms with Gasteiger partial charge in [-0.3, -0.25) is 5.32 Å². The van der Waals surface area contributed by atoms with Crippen molar-refractivity contribution in [2.75, 3.05) is 22.1 Å². The number of hydrogen-bond donors (Lipinski definition) is 3. The number of rotatable bonds is 9. The van der Waals surface area contributed by atoms with Gasteiger partial charge in [0.15, 0.2) is 11.9 Å². The van der Waals surface area contributed by atoms with Gasteiger partial charge < -0.3 is 24.6 Å². The van der Waals surface area contributed by atoms with Gasteiger partial charge >= 0.3 is 24.2 Å². The number of nitrogens with one attached hydrogen (secondary N) is 2. The molecule has 4 rings (SSSR count). The normalized spacial score (nSPS) is 11.9. The Morgan fingerprint density at radius 3 is 2.16 bits per heavy atom. The number of carboxylic acid groups (broad SMARTS) is 1. The van der Waals surface area contributed by atoms with E-state index in [2.05, 4.69) is 15.6 Å². The molecular weight excluding hydrogens is 661 g/mol. The van der Waals surface area contributed by atoms with E-state index < -0.39 is 47.3 Å². The Labute approximate surface area is 293 Å². The molecule has 1 unspecified atom stereocenters. The first-order valence-corrected chi connectivity index (χ1v) is 15.8. The topological polar surface area (TPSA) is 180 Å². The molecule has 0 aliphatic heterocycles. The summed E-state index contributed by atoms with van der Waals surface area (Å²) in [5, 5.41) is 24.5. The molecule has 51 heavy (non-hydrogen) atoms. The summed E-state index contributed by atoms with van der Waals surface area (Å²) >= 11 is 0. The maximum atomic E-state index is 15.9. The number of carboxylic acids is 1. The van der Waals surface area contributed by atoms with E-state index >= 15 is 4.39 Å². The molecule has 3 aromatic carbocycles. The lowest BCUT2D eigenvalue weighted by Crippen LogP contribution is -2.44. The number of ether oxygens (including phenoxy) is 3. The molecule has 1 heterocycles. The Morgan fingerprint density at radius 2 is 1.57 bits per heavy atom. The SMILES string of the molecule is CC(C)(C)OC(=O)N(C(=O)OC(C)(C)C)c1nccc2cc(NC(C(=O)O)c3ccc(CCOC(=O)Nc4cccc(C#N)c4)cc3)cc(F)c12. The summed E-state index contributed by atoms with van der Waals surface area (Å²) in [4.78, 5) is 55.6. The number of hydrogen-bond acceptors (Lipinski definition) is 10. The van der Waals surface area contributed by atoms with Crippen LogP contribution in [0.2, 0.25) is 0 Å². The Bertz CT molecular complexity index is 1950. The second kappa shape index (κ2) is 15.5. The van der Waals surface area contributed by atoms with Gasteiger partial charge in [-0.1, -0.05) is 30.3 Å². The number of nitriles is 1. The lowest BCUT2D eigenvalue weighted by Gasteiger charge is -2.28. The van der Waals surface area contributed by atoms with Crippen molar-refractivity contribution in [3.63, 3.8) is 0 Å². The average molecular weight is 700 g/mol. The minimum Gasteiger partial charge on any atom is -0.479 e. The number of aliphatic carboxylic acids is 1. The molecular formula is C37H38FN5O8. The third-order valence-electron chi connectivity index (χ3n) is 6.89. The number of benzene rings is 3. The van der Waals surface area contributed by atoms with Crippen molar-refractivity contribution in [2.45, 2.75) is 65.2 Å². The summed E-state index contributed by atoms with van der Waals surface area (Å²) in [6.45, 7) is 9.68. The number of nitrogens with zero attached hydrogens (tertiary/aromatic N) is 3. The summed E-state index contributed by atoms with van der Waals surface area (Å²) in [6, 6.07) is 17.6. The lowest BCUT2D eigenvalue weighted by molar-refractivity contribution is -0.138. The van der Waals surface area contributed by atoms with E-state index in [0.717, 1.165) is 11.6 Å². The molecule has 0 spiro atoms. The third kappa shape index (κ3) is 10.4. The molecule has 0 aliphatic carbocycles. The van der Waals surface area contributed by atoms with E-state index in [1.807, 2.05) is 6.07 Å². The van der Waals surface area contributed by atoms with Crippen LogP contribution in [0, 0.1) is 17.1 Å². The molecule has 1 aromatic heterocycles. The smallest absolute Gasteiger partial charge is 0.425 e. The predicted molar refractivity (Wildman–Crippen MR) is 187 cm³/mol. The van der Waals surface area contributed by atoms with E-state index in [1.54, 1.807) is 84.0 Å². The van der Waals surface area contributed by atoms with Crippen molar-refractivity contribution in [3.05, 3.63) is 95.4 Å².